The van der Waals surface area contributed by atoms with Crippen molar-refractivity contribution < 1.29 is 18.3 Å². The number of rotatable bonds is 9. The number of amides is 1. The Hall–Kier alpha value is -3.89. The summed E-state index contributed by atoms with van der Waals surface area (Å²) in [6.07, 6.45) is 3.45. The lowest BCUT2D eigenvalue weighted by atomic mass is 9.95. The highest BCUT2D eigenvalue weighted by molar-refractivity contribution is 6.06. The molecule has 1 atom stereocenters. The van der Waals surface area contributed by atoms with Crippen molar-refractivity contribution in [2.45, 2.75) is 26.3 Å². The third-order valence-electron chi connectivity index (χ3n) is 7.08. The van der Waals surface area contributed by atoms with E-state index < -0.39 is 6.43 Å². The molecule has 5 rings (SSSR count). The van der Waals surface area contributed by atoms with E-state index in [2.05, 4.69) is 22.2 Å². The minimum atomic E-state index is -2.57. The number of allylic oxidation sites excluding steroid dienone is 1. The van der Waals surface area contributed by atoms with Crippen molar-refractivity contribution in [1.82, 2.24) is 19.6 Å². The first-order valence-corrected chi connectivity index (χ1v) is 12.9. The van der Waals surface area contributed by atoms with Crippen LogP contribution in [0.15, 0.2) is 65.7 Å². The van der Waals surface area contributed by atoms with Crippen LogP contribution < -0.4 is 10.6 Å². The SMILES string of the molecule is C=C(C(CN(C)C)=N/C(=C\C)Nc1ccc(-c2cnc3cc(C(F)F)ccn23)c2c1C(=O)NC2)[C@H]1CCOC1. The quantitative estimate of drug-likeness (QED) is 0.376. The average molecular weight is 535 g/mol. The largest absolute Gasteiger partial charge is 0.381 e. The van der Waals surface area contributed by atoms with Crippen LogP contribution in [0.1, 0.15) is 41.3 Å². The highest BCUT2D eigenvalue weighted by Gasteiger charge is 2.28. The van der Waals surface area contributed by atoms with E-state index in [0.29, 0.717) is 42.4 Å². The van der Waals surface area contributed by atoms with Crippen LogP contribution in [0.2, 0.25) is 0 Å². The molecule has 8 nitrogen and oxygen atoms in total. The highest BCUT2D eigenvalue weighted by atomic mass is 19.3. The highest BCUT2D eigenvalue weighted by Crippen LogP contribution is 2.35. The fourth-order valence-electron chi connectivity index (χ4n) is 5.02. The van der Waals surface area contributed by atoms with Crippen molar-refractivity contribution in [2.24, 2.45) is 10.9 Å². The average Bonchev–Trinajstić information content (AvgIpc) is 3.67. The second kappa shape index (κ2) is 11.1. The Morgan fingerprint density at radius 2 is 2.21 bits per heavy atom. The van der Waals surface area contributed by atoms with Crippen LogP contribution in [0.25, 0.3) is 16.9 Å². The Bertz CT molecular complexity index is 1480. The molecule has 2 aromatic heterocycles. The fraction of sp³-hybridized carbons (Fsp3) is 0.345. The molecule has 0 bridgehead atoms. The lowest BCUT2D eigenvalue weighted by molar-refractivity contribution is 0.0966. The van der Waals surface area contributed by atoms with Gasteiger partial charge in [0.15, 0.2) is 0 Å². The molecule has 1 saturated heterocycles. The number of benzene rings is 1. The van der Waals surface area contributed by atoms with Gasteiger partial charge in [-0.1, -0.05) is 12.6 Å². The zero-order chi connectivity index (χ0) is 27.7. The molecule has 3 aromatic rings. The van der Waals surface area contributed by atoms with Crippen molar-refractivity contribution >= 4 is 23.0 Å². The van der Waals surface area contributed by atoms with Gasteiger partial charge in [0.05, 0.1) is 35.5 Å². The van der Waals surface area contributed by atoms with Crippen LogP contribution in [0.5, 0.6) is 0 Å². The van der Waals surface area contributed by atoms with E-state index in [0.717, 1.165) is 41.1 Å². The summed E-state index contributed by atoms with van der Waals surface area (Å²) < 4.78 is 33.7. The standard InChI is InChI=1S/C29H32F2N6O2/c1-5-25(35-23(15-36(3)4)17(2)19-9-11-39-16-19)34-22-7-6-20(21-13-33-29(38)27(21)22)24-14-32-26-12-18(28(30)31)8-10-37(24)26/h5-8,10,12,14,19,28,34H,2,9,11,13,15-16H2,1,3-4H3,(H,33,38)/b25-5-,35-23?/t19-/m0/s1. The predicted molar refractivity (Wildman–Crippen MR) is 148 cm³/mol. The van der Waals surface area contributed by atoms with Gasteiger partial charge in [-0.2, -0.15) is 0 Å². The normalized spacial score (nSPS) is 17.8. The smallest absolute Gasteiger partial charge is 0.264 e. The zero-order valence-electron chi connectivity index (χ0n) is 22.3. The molecule has 204 valence electrons. The number of carbonyl (C=O) groups excluding carboxylic acids is 1. The van der Waals surface area contributed by atoms with Gasteiger partial charge in [0, 0.05) is 42.9 Å². The Kier molecular flexibility index (Phi) is 7.58. The summed E-state index contributed by atoms with van der Waals surface area (Å²) in [5.41, 5.74) is 5.65. The van der Waals surface area contributed by atoms with E-state index in [1.165, 1.54) is 12.1 Å². The molecule has 0 spiro atoms. The first kappa shape index (κ1) is 26.7. The second-order valence-corrected chi connectivity index (χ2v) is 10.0. The van der Waals surface area contributed by atoms with Crippen LogP contribution >= 0.6 is 0 Å². The molecule has 0 radical (unpaired) electrons. The molecular weight excluding hydrogens is 502 g/mol. The maximum Gasteiger partial charge on any atom is 0.264 e. The Morgan fingerprint density at radius 3 is 2.90 bits per heavy atom. The van der Waals surface area contributed by atoms with Crippen LogP contribution in [0.4, 0.5) is 14.5 Å². The van der Waals surface area contributed by atoms with Crippen LogP contribution in [-0.4, -0.2) is 59.8 Å². The summed E-state index contributed by atoms with van der Waals surface area (Å²) >= 11 is 0. The van der Waals surface area contributed by atoms with Gasteiger partial charge < -0.3 is 20.3 Å². The van der Waals surface area contributed by atoms with E-state index in [4.69, 9.17) is 9.73 Å². The third-order valence-corrected chi connectivity index (χ3v) is 7.08. The van der Waals surface area contributed by atoms with Crippen molar-refractivity contribution in [3.8, 4) is 11.3 Å². The lowest BCUT2D eigenvalue weighted by Crippen LogP contribution is -2.26. The number of nitrogens with one attached hydrogen (secondary N) is 2. The maximum atomic E-state index is 13.2. The van der Waals surface area contributed by atoms with E-state index in [1.807, 2.05) is 44.1 Å². The molecule has 2 aliphatic heterocycles. The minimum absolute atomic E-state index is 0.0857. The van der Waals surface area contributed by atoms with Crippen molar-refractivity contribution in [3.05, 3.63) is 77.4 Å². The monoisotopic (exact) mass is 534 g/mol. The van der Waals surface area contributed by atoms with E-state index in [9.17, 15) is 13.6 Å². The number of fused-ring (bicyclic) bond motifs is 2. The number of imidazole rings is 1. The molecule has 1 amide bonds. The first-order valence-electron chi connectivity index (χ1n) is 12.9. The van der Waals surface area contributed by atoms with Gasteiger partial charge in [0.2, 0.25) is 0 Å². The van der Waals surface area contributed by atoms with Crippen LogP contribution in [-0.2, 0) is 11.3 Å². The minimum Gasteiger partial charge on any atom is -0.381 e. The van der Waals surface area contributed by atoms with Crippen LogP contribution in [0, 0.1) is 5.92 Å². The summed E-state index contributed by atoms with van der Waals surface area (Å²) in [4.78, 5) is 24.3. The van der Waals surface area contributed by atoms with Gasteiger partial charge in [-0.25, -0.2) is 18.8 Å². The summed E-state index contributed by atoms with van der Waals surface area (Å²) in [7, 11) is 3.97. The topological polar surface area (TPSA) is 83.3 Å². The number of nitrogens with zero attached hydrogens (tertiary/aromatic N) is 4. The zero-order valence-corrected chi connectivity index (χ0v) is 22.3. The maximum absolute atomic E-state index is 13.2. The number of anilines is 1. The number of hydrogen-bond acceptors (Lipinski definition) is 6. The Morgan fingerprint density at radius 1 is 1.38 bits per heavy atom. The molecule has 0 unspecified atom stereocenters. The van der Waals surface area contributed by atoms with Crippen LogP contribution in [0.3, 0.4) is 0 Å². The van der Waals surface area contributed by atoms with Crippen molar-refractivity contribution in [1.29, 1.82) is 0 Å². The summed E-state index contributed by atoms with van der Waals surface area (Å²) in [5.74, 6) is 0.651. The van der Waals surface area contributed by atoms with Gasteiger partial charge in [0.1, 0.15) is 11.5 Å². The molecule has 10 heteroatoms. The fourth-order valence-corrected chi connectivity index (χ4v) is 5.02. The molecule has 0 aliphatic carbocycles. The molecular formula is C29H32F2N6O2. The van der Waals surface area contributed by atoms with Gasteiger partial charge in [-0.05, 0) is 62.9 Å². The molecule has 2 N–H and O–H groups in total. The Labute approximate surface area is 226 Å². The second-order valence-electron chi connectivity index (χ2n) is 10.0. The molecule has 39 heavy (non-hydrogen) atoms. The van der Waals surface area contributed by atoms with E-state index >= 15 is 0 Å². The molecule has 0 saturated carbocycles. The predicted octanol–water partition coefficient (Wildman–Crippen LogP) is 5.05. The summed E-state index contributed by atoms with van der Waals surface area (Å²) in [6, 6.07) is 6.52. The van der Waals surface area contributed by atoms with Crippen molar-refractivity contribution in [2.75, 3.05) is 39.2 Å². The number of ether oxygens (including phenoxy) is 1. The van der Waals surface area contributed by atoms with E-state index in [1.54, 1.807) is 16.8 Å². The first-order chi connectivity index (χ1) is 18.8. The molecule has 2 aliphatic rings. The van der Waals surface area contributed by atoms with Gasteiger partial charge >= 0.3 is 0 Å². The van der Waals surface area contributed by atoms with E-state index in [-0.39, 0.29) is 17.4 Å². The number of hydrogen-bond donors (Lipinski definition) is 2. The third kappa shape index (κ3) is 5.35. The number of aromatic nitrogens is 2. The number of carbonyl (C=O) groups is 1. The van der Waals surface area contributed by atoms with Gasteiger partial charge in [0.25, 0.3) is 12.3 Å². The number of alkyl halides is 2. The molecule has 1 aromatic carbocycles. The number of halogens is 2. The van der Waals surface area contributed by atoms with Gasteiger partial charge in [-0.15, -0.1) is 0 Å². The number of aliphatic imine (C=N–C) groups is 1. The molecule has 1 fully saturated rings. The summed E-state index contributed by atoms with van der Waals surface area (Å²) in [6.45, 7) is 8.55. The number of pyridine rings is 1. The van der Waals surface area contributed by atoms with Crippen molar-refractivity contribution in [3.63, 3.8) is 0 Å². The Balaban J connectivity index is 1.49. The van der Waals surface area contributed by atoms with Gasteiger partial charge in [-0.3, -0.25) is 9.20 Å². The molecule has 4 heterocycles. The lowest BCUT2D eigenvalue weighted by Gasteiger charge is -2.20. The summed E-state index contributed by atoms with van der Waals surface area (Å²) in [5, 5.41) is 6.27.